The minimum absolute atomic E-state index is 0.193. The number of piperidine rings is 1. The summed E-state index contributed by atoms with van der Waals surface area (Å²) in [6, 6.07) is 5.73. The number of urea groups is 1. The lowest BCUT2D eigenvalue weighted by molar-refractivity contribution is -0.130. The summed E-state index contributed by atoms with van der Waals surface area (Å²) in [7, 11) is 0. The van der Waals surface area contributed by atoms with E-state index < -0.39 is 0 Å². The maximum atomic E-state index is 13.2. The number of hydrogen-bond donors (Lipinski definition) is 1. The van der Waals surface area contributed by atoms with Crippen LogP contribution in [-0.2, 0) is 4.79 Å². The first-order valence-corrected chi connectivity index (χ1v) is 9.21. The van der Waals surface area contributed by atoms with Gasteiger partial charge in [0.1, 0.15) is 5.82 Å². The molecule has 2 aliphatic heterocycles. The van der Waals surface area contributed by atoms with Crippen molar-refractivity contribution in [2.24, 2.45) is 5.92 Å². The fourth-order valence-electron chi connectivity index (χ4n) is 3.71. The van der Waals surface area contributed by atoms with Crippen LogP contribution >= 0.6 is 0 Å². The molecule has 2 saturated heterocycles. The highest BCUT2D eigenvalue weighted by molar-refractivity contribution is 5.89. The van der Waals surface area contributed by atoms with Crippen molar-refractivity contribution in [3.05, 3.63) is 30.1 Å². The summed E-state index contributed by atoms with van der Waals surface area (Å²) in [5, 5.41) is 2.75. The molecule has 1 atom stereocenters. The number of carbonyl (C=O) groups excluding carboxylic acids is 2. The predicted molar refractivity (Wildman–Crippen MR) is 94.8 cm³/mol. The van der Waals surface area contributed by atoms with E-state index in [0.717, 1.165) is 45.2 Å². The van der Waals surface area contributed by atoms with E-state index in [1.807, 2.05) is 4.90 Å². The van der Waals surface area contributed by atoms with Gasteiger partial charge in [-0.05, 0) is 56.2 Å². The number of amides is 3. The monoisotopic (exact) mass is 347 g/mol. The summed E-state index contributed by atoms with van der Waals surface area (Å²) in [5.41, 5.74) is 0.469. The number of carbonyl (C=O) groups is 2. The van der Waals surface area contributed by atoms with Gasteiger partial charge in [0.25, 0.3) is 0 Å². The molecule has 3 rings (SSSR count). The molecule has 25 heavy (non-hydrogen) atoms. The zero-order valence-corrected chi connectivity index (χ0v) is 14.5. The Morgan fingerprint density at radius 1 is 1.12 bits per heavy atom. The van der Waals surface area contributed by atoms with E-state index in [1.54, 1.807) is 17.0 Å². The molecule has 136 valence electrons. The molecule has 1 N–H and O–H groups in total. The van der Waals surface area contributed by atoms with E-state index in [4.69, 9.17) is 0 Å². The molecule has 2 aliphatic rings. The molecule has 0 saturated carbocycles. The largest absolute Gasteiger partial charge is 0.343 e. The average Bonchev–Trinajstić information content (AvgIpc) is 3.15. The average molecular weight is 347 g/mol. The number of halogens is 1. The summed E-state index contributed by atoms with van der Waals surface area (Å²) in [6.45, 7) is 3.16. The van der Waals surface area contributed by atoms with Crippen LogP contribution < -0.4 is 5.32 Å². The Morgan fingerprint density at radius 2 is 1.88 bits per heavy atom. The van der Waals surface area contributed by atoms with Crippen LogP contribution in [0.15, 0.2) is 24.3 Å². The van der Waals surface area contributed by atoms with E-state index in [1.165, 1.54) is 12.1 Å². The fraction of sp³-hybridized carbons (Fsp3) is 0.579. The fourth-order valence-corrected chi connectivity index (χ4v) is 3.71. The number of benzene rings is 1. The molecule has 5 nitrogen and oxygen atoms in total. The SMILES string of the molecule is O=C(CCC1CCCN(C(=O)Nc2cccc(F)c2)C1)N1CCCC1. The summed E-state index contributed by atoms with van der Waals surface area (Å²) in [6.07, 6.45) is 5.63. The predicted octanol–water partition coefficient (Wildman–Crippen LogP) is 3.47. The van der Waals surface area contributed by atoms with Crippen LogP contribution in [0.4, 0.5) is 14.9 Å². The van der Waals surface area contributed by atoms with Crippen molar-refractivity contribution in [1.82, 2.24) is 9.80 Å². The second-order valence-corrected chi connectivity index (χ2v) is 7.02. The van der Waals surface area contributed by atoms with Crippen molar-refractivity contribution in [3.63, 3.8) is 0 Å². The Morgan fingerprint density at radius 3 is 2.64 bits per heavy atom. The van der Waals surface area contributed by atoms with Crippen LogP contribution in [0.3, 0.4) is 0 Å². The van der Waals surface area contributed by atoms with Gasteiger partial charge in [0, 0.05) is 38.3 Å². The van der Waals surface area contributed by atoms with E-state index in [-0.39, 0.29) is 17.8 Å². The van der Waals surface area contributed by atoms with Crippen molar-refractivity contribution >= 4 is 17.6 Å². The maximum absolute atomic E-state index is 13.2. The van der Waals surface area contributed by atoms with Crippen molar-refractivity contribution in [2.75, 3.05) is 31.5 Å². The molecular formula is C19H26FN3O2. The summed E-state index contributed by atoms with van der Waals surface area (Å²) >= 11 is 0. The molecule has 0 aromatic heterocycles. The normalized spacial score (nSPS) is 20.6. The second kappa shape index (κ2) is 8.32. The highest BCUT2D eigenvalue weighted by Gasteiger charge is 2.25. The van der Waals surface area contributed by atoms with Crippen LogP contribution in [0.5, 0.6) is 0 Å². The van der Waals surface area contributed by atoms with Gasteiger partial charge in [-0.1, -0.05) is 6.07 Å². The summed E-state index contributed by atoms with van der Waals surface area (Å²) in [5.74, 6) is 0.243. The second-order valence-electron chi connectivity index (χ2n) is 7.02. The molecule has 1 unspecified atom stereocenters. The highest BCUT2D eigenvalue weighted by atomic mass is 19.1. The number of hydrogen-bond acceptors (Lipinski definition) is 2. The Balaban J connectivity index is 1.47. The summed E-state index contributed by atoms with van der Waals surface area (Å²) < 4.78 is 13.2. The molecule has 6 heteroatoms. The molecule has 0 spiro atoms. The first-order chi connectivity index (χ1) is 12.1. The smallest absolute Gasteiger partial charge is 0.321 e. The van der Waals surface area contributed by atoms with Crippen molar-refractivity contribution in [2.45, 2.75) is 38.5 Å². The number of nitrogens with one attached hydrogen (secondary N) is 1. The van der Waals surface area contributed by atoms with E-state index in [0.29, 0.717) is 31.1 Å². The van der Waals surface area contributed by atoms with Crippen molar-refractivity contribution in [3.8, 4) is 0 Å². The zero-order valence-electron chi connectivity index (χ0n) is 14.5. The lowest BCUT2D eigenvalue weighted by Crippen LogP contribution is -2.42. The van der Waals surface area contributed by atoms with Crippen LogP contribution in [0.25, 0.3) is 0 Å². The third kappa shape index (κ3) is 4.94. The molecule has 3 amide bonds. The quantitative estimate of drug-likeness (QED) is 0.907. The highest BCUT2D eigenvalue weighted by Crippen LogP contribution is 2.23. The third-order valence-electron chi connectivity index (χ3n) is 5.11. The Bertz CT molecular complexity index is 616. The Labute approximate surface area is 148 Å². The minimum atomic E-state index is -0.366. The van der Waals surface area contributed by atoms with Gasteiger partial charge in [0.15, 0.2) is 0 Å². The molecule has 1 aromatic rings. The van der Waals surface area contributed by atoms with E-state index in [9.17, 15) is 14.0 Å². The van der Waals surface area contributed by atoms with Gasteiger partial charge in [-0.15, -0.1) is 0 Å². The van der Waals surface area contributed by atoms with Gasteiger partial charge in [0.05, 0.1) is 0 Å². The van der Waals surface area contributed by atoms with Gasteiger partial charge < -0.3 is 15.1 Å². The minimum Gasteiger partial charge on any atom is -0.343 e. The third-order valence-corrected chi connectivity index (χ3v) is 5.11. The topological polar surface area (TPSA) is 52.7 Å². The van der Waals surface area contributed by atoms with Gasteiger partial charge >= 0.3 is 6.03 Å². The Hall–Kier alpha value is -2.11. The van der Waals surface area contributed by atoms with E-state index >= 15 is 0 Å². The molecule has 2 heterocycles. The maximum Gasteiger partial charge on any atom is 0.321 e. The van der Waals surface area contributed by atoms with Crippen molar-refractivity contribution in [1.29, 1.82) is 0 Å². The molecule has 0 radical (unpaired) electrons. The summed E-state index contributed by atoms with van der Waals surface area (Å²) in [4.78, 5) is 28.3. The number of likely N-dealkylation sites (tertiary alicyclic amines) is 2. The molecule has 0 bridgehead atoms. The van der Waals surface area contributed by atoms with Gasteiger partial charge in [-0.2, -0.15) is 0 Å². The molecule has 2 fully saturated rings. The standard InChI is InChI=1S/C19H26FN3O2/c20-16-6-3-7-17(13-16)21-19(25)23-12-4-5-15(14-23)8-9-18(24)22-10-1-2-11-22/h3,6-7,13,15H,1-2,4-5,8-12,14H2,(H,21,25). The number of nitrogens with zero attached hydrogens (tertiary/aromatic N) is 2. The lowest BCUT2D eigenvalue weighted by Gasteiger charge is -2.33. The van der Waals surface area contributed by atoms with Crippen LogP contribution in [0.2, 0.25) is 0 Å². The van der Waals surface area contributed by atoms with Gasteiger partial charge in [-0.25, -0.2) is 9.18 Å². The zero-order chi connectivity index (χ0) is 17.6. The van der Waals surface area contributed by atoms with Gasteiger partial charge in [0.2, 0.25) is 5.91 Å². The number of rotatable bonds is 4. The lowest BCUT2D eigenvalue weighted by atomic mass is 9.93. The van der Waals surface area contributed by atoms with Crippen LogP contribution in [0.1, 0.15) is 38.5 Å². The Kier molecular flexibility index (Phi) is 5.89. The van der Waals surface area contributed by atoms with Gasteiger partial charge in [-0.3, -0.25) is 4.79 Å². The van der Waals surface area contributed by atoms with Crippen LogP contribution in [-0.4, -0.2) is 47.9 Å². The first-order valence-electron chi connectivity index (χ1n) is 9.21. The van der Waals surface area contributed by atoms with Crippen molar-refractivity contribution < 1.29 is 14.0 Å². The first kappa shape index (κ1) is 17.7. The molecule has 0 aliphatic carbocycles. The molecule has 1 aromatic carbocycles. The van der Waals surface area contributed by atoms with Crippen LogP contribution in [0, 0.1) is 11.7 Å². The molecular weight excluding hydrogens is 321 g/mol. The number of anilines is 1. The van der Waals surface area contributed by atoms with E-state index in [2.05, 4.69) is 5.32 Å².